The van der Waals surface area contributed by atoms with E-state index in [0.29, 0.717) is 23.1 Å². The molecule has 0 saturated carbocycles. The number of fused-ring (bicyclic) bond motifs is 2. The monoisotopic (exact) mass is 437 g/mol. The number of carbonyl (C=O) groups is 1. The third-order valence-electron chi connectivity index (χ3n) is 6.27. The summed E-state index contributed by atoms with van der Waals surface area (Å²) in [5.41, 5.74) is 16.0. The summed E-state index contributed by atoms with van der Waals surface area (Å²) in [6.45, 7) is 6.37. The first kappa shape index (κ1) is 20.1. The van der Waals surface area contributed by atoms with Crippen LogP contribution in [0.4, 0.5) is 11.4 Å². The summed E-state index contributed by atoms with van der Waals surface area (Å²) in [6.07, 6.45) is 0.722. The van der Waals surface area contributed by atoms with Crippen molar-refractivity contribution in [3.63, 3.8) is 0 Å². The van der Waals surface area contributed by atoms with Crippen molar-refractivity contribution in [2.75, 3.05) is 30.3 Å². The molecule has 4 heterocycles. The number of amides is 1. The number of nitrogens with two attached hydrogens (primary N) is 2. The van der Waals surface area contributed by atoms with Gasteiger partial charge in [0.25, 0.3) is 5.91 Å². The van der Waals surface area contributed by atoms with Crippen molar-refractivity contribution in [3.05, 3.63) is 46.5 Å². The zero-order valence-electron chi connectivity index (χ0n) is 17.7. The highest BCUT2D eigenvalue weighted by Crippen LogP contribution is 2.34. The molecule has 1 saturated heterocycles. The van der Waals surface area contributed by atoms with Gasteiger partial charge in [-0.25, -0.2) is 4.98 Å². The number of thiophene rings is 1. The number of pyridine rings is 1. The summed E-state index contributed by atoms with van der Waals surface area (Å²) < 4.78 is 6.02. The van der Waals surface area contributed by atoms with Crippen LogP contribution in [-0.4, -0.2) is 42.7 Å². The molecule has 0 unspecified atom stereocenters. The van der Waals surface area contributed by atoms with Gasteiger partial charge in [0, 0.05) is 42.0 Å². The number of aromatic nitrogens is 1. The Bertz CT molecular complexity index is 1150. The molecule has 1 amide bonds. The van der Waals surface area contributed by atoms with E-state index in [1.165, 1.54) is 11.3 Å². The molecule has 5 N–H and O–H groups in total. The van der Waals surface area contributed by atoms with E-state index >= 15 is 0 Å². The van der Waals surface area contributed by atoms with E-state index < -0.39 is 0 Å². The van der Waals surface area contributed by atoms with E-state index in [0.717, 1.165) is 52.4 Å². The van der Waals surface area contributed by atoms with Crippen LogP contribution in [0, 0.1) is 12.8 Å². The van der Waals surface area contributed by atoms with Crippen LogP contribution in [0.5, 0.6) is 5.75 Å². The van der Waals surface area contributed by atoms with Crippen LogP contribution in [0.25, 0.3) is 10.2 Å². The minimum Gasteiger partial charge on any atom is -0.491 e. The number of anilines is 2. The SMILES string of the molecule is Cc1ccc2c(N)c(C(=O)N[C@H]3COc4cc(N5C[C@@H](C)[C@H](N)C5)ccc4C3)sc2n1. The lowest BCUT2D eigenvalue weighted by molar-refractivity contribution is 0.0920. The summed E-state index contributed by atoms with van der Waals surface area (Å²) in [5.74, 6) is 1.20. The van der Waals surface area contributed by atoms with Gasteiger partial charge in [0.1, 0.15) is 22.1 Å². The normalized spacial score (nSPS) is 22.9. The van der Waals surface area contributed by atoms with Crippen LogP contribution in [0.3, 0.4) is 0 Å². The number of hydrogen-bond donors (Lipinski definition) is 3. The second-order valence-corrected chi connectivity index (χ2v) is 9.67. The van der Waals surface area contributed by atoms with Crippen molar-refractivity contribution in [1.29, 1.82) is 0 Å². The van der Waals surface area contributed by atoms with Crippen LogP contribution in [0.15, 0.2) is 30.3 Å². The first-order valence-electron chi connectivity index (χ1n) is 10.6. The zero-order chi connectivity index (χ0) is 21.7. The van der Waals surface area contributed by atoms with E-state index in [-0.39, 0.29) is 18.0 Å². The number of hydrogen-bond acceptors (Lipinski definition) is 7. The highest BCUT2D eigenvalue weighted by atomic mass is 32.1. The third-order valence-corrected chi connectivity index (χ3v) is 7.38. The Hall–Kier alpha value is -2.84. The summed E-state index contributed by atoms with van der Waals surface area (Å²) in [6, 6.07) is 10.2. The van der Waals surface area contributed by atoms with Crippen LogP contribution in [0.2, 0.25) is 0 Å². The van der Waals surface area contributed by atoms with Crippen molar-refractivity contribution in [1.82, 2.24) is 10.3 Å². The van der Waals surface area contributed by atoms with E-state index in [9.17, 15) is 4.79 Å². The van der Waals surface area contributed by atoms with Crippen molar-refractivity contribution < 1.29 is 9.53 Å². The molecule has 31 heavy (non-hydrogen) atoms. The number of nitrogen functional groups attached to an aromatic ring is 1. The number of rotatable bonds is 3. The topological polar surface area (TPSA) is 106 Å². The van der Waals surface area contributed by atoms with Gasteiger partial charge in [-0.15, -0.1) is 11.3 Å². The number of nitrogens with zero attached hydrogens (tertiary/aromatic N) is 2. The molecule has 2 aliphatic heterocycles. The van der Waals surface area contributed by atoms with Gasteiger partial charge in [-0.3, -0.25) is 4.79 Å². The molecule has 2 aromatic heterocycles. The lowest BCUT2D eigenvalue weighted by Crippen LogP contribution is -2.42. The van der Waals surface area contributed by atoms with E-state index in [1.54, 1.807) is 0 Å². The Morgan fingerprint density at radius 2 is 2.13 bits per heavy atom. The molecule has 8 heteroatoms. The molecule has 1 fully saturated rings. The van der Waals surface area contributed by atoms with Crippen molar-refractivity contribution >= 4 is 38.8 Å². The van der Waals surface area contributed by atoms with Crippen molar-refractivity contribution in [2.24, 2.45) is 11.7 Å². The van der Waals surface area contributed by atoms with Crippen LogP contribution in [0.1, 0.15) is 27.9 Å². The van der Waals surface area contributed by atoms with Crippen molar-refractivity contribution in [2.45, 2.75) is 32.4 Å². The van der Waals surface area contributed by atoms with E-state index in [2.05, 4.69) is 40.3 Å². The second kappa shape index (κ2) is 7.69. The van der Waals surface area contributed by atoms with Crippen LogP contribution < -0.4 is 26.4 Å². The van der Waals surface area contributed by atoms with Crippen LogP contribution in [-0.2, 0) is 6.42 Å². The first-order valence-corrected chi connectivity index (χ1v) is 11.4. The lowest BCUT2D eigenvalue weighted by Gasteiger charge is -2.28. The fraction of sp³-hybridized carbons (Fsp3) is 0.391. The van der Waals surface area contributed by atoms with Gasteiger partial charge in [0.2, 0.25) is 0 Å². The number of ether oxygens (including phenoxy) is 1. The van der Waals surface area contributed by atoms with Gasteiger partial charge in [-0.2, -0.15) is 0 Å². The van der Waals surface area contributed by atoms with Crippen molar-refractivity contribution in [3.8, 4) is 5.75 Å². The predicted octanol–water partition coefficient (Wildman–Crippen LogP) is 2.70. The van der Waals surface area contributed by atoms with Gasteiger partial charge in [-0.1, -0.05) is 13.0 Å². The number of carbonyl (C=O) groups excluding carboxylic acids is 1. The summed E-state index contributed by atoms with van der Waals surface area (Å²) in [7, 11) is 0. The maximum absolute atomic E-state index is 12.9. The fourth-order valence-electron chi connectivity index (χ4n) is 4.36. The molecule has 0 radical (unpaired) electrons. The average Bonchev–Trinajstić information content (AvgIpc) is 3.26. The predicted molar refractivity (Wildman–Crippen MR) is 125 cm³/mol. The third kappa shape index (κ3) is 3.70. The standard InChI is InChI=1S/C23H27N5O2S/c1-12-9-28(10-18(12)24)16-5-4-14-7-15(11-30-19(14)8-16)27-22(29)21-20(25)17-6-3-13(2)26-23(17)31-21/h3-6,8,12,15,18H,7,9-11,24-25H2,1-2H3,(H,27,29)/t12-,15-,18-/m1/s1. The summed E-state index contributed by atoms with van der Waals surface area (Å²) >= 11 is 1.33. The molecule has 0 bridgehead atoms. The summed E-state index contributed by atoms with van der Waals surface area (Å²) in [4.78, 5) is 21.0. The Morgan fingerprint density at radius 3 is 2.90 bits per heavy atom. The maximum Gasteiger partial charge on any atom is 0.263 e. The maximum atomic E-state index is 12.9. The van der Waals surface area contributed by atoms with Gasteiger partial charge >= 0.3 is 0 Å². The molecule has 1 aromatic carbocycles. The molecule has 162 valence electrons. The molecule has 2 aliphatic rings. The van der Waals surface area contributed by atoms with Gasteiger partial charge in [0.05, 0.1) is 11.7 Å². The van der Waals surface area contributed by atoms with Gasteiger partial charge in [0.15, 0.2) is 0 Å². The molecule has 3 aromatic rings. The highest BCUT2D eigenvalue weighted by Gasteiger charge is 2.29. The first-order chi connectivity index (χ1) is 14.9. The van der Waals surface area contributed by atoms with Gasteiger partial charge < -0.3 is 26.4 Å². The highest BCUT2D eigenvalue weighted by molar-refractivity contribution is 7.21. The van der Waals surface area contributed by atoms with E-state index in [4.69, 9.17) is 16.2 Å². The van der Waals surface area contributed by atoms with E-state index in [1.807, 2.05) is 19.1 Å². The molecule has 5 rings (SSSR count). The summed E-state index contributed by atoms with van der Waals surface area (Å²) in [5, 5.41) is 3.91. The fourth-order valence-corrected chi connectivity index (χ4v) is 5.40. The number of nitrogens with one attached hydrogen (secondary N) is 1. The molecular weight excluding hydrogens is 410 g/mol. The Labute approximate surface area is 185 Å². The quantitative estimate of drug-likeness (QED) is 0.582. The largest absolute Gasteiger partial charge is 0.491 e. The minimum atomic E-state index is -0.174. The number of benzene rings is 1. The molecular formula is C23H27N5O2S. The van der Waals surface area contributed by atoms with Gasteiger partial charge in [-0.05, 0) is 43.0 Å². The molecule has 3 atom stereocenters. The lowest BCUT2D eigenvalue weighted by atomic mass is 10.0. The smallest absolute Gasteiger partial charge is 0.263 e. The molecule has 0 aliphatic carbocycles. The molecule has 7 nitrogen and oxygen atoms in total. The second-order valence-electron chi connectivity index (χ2n) is 8.67. The number of aryl methyl sites for hydroxylation is 1. The molecule has 0 spiro atoms. The minimum absolute atomic E-state index is 0.106. The Kier molecular flexibility index (Phi) is 4.98. The Morgan fingerprint density at radius 1 is 1.29 bits per heavy atom. The Balaban J connectivity index is 1.29. The average molecular weight is 438 g/mol. The zero-order valence-corrected chi connectivity index (χ0v) is 18.5. The van der Waals surface area contributed by atoms with Crippen LogP contribution >= 0.6 is 11.3 Å².